The molecule has 0 saturated heterocycles. The number of para-hydroxylation sites is 2. The average molecular weight is 865 g/mol. The van der Waals surface area contributed by atoms with Gasteiger partial charge in [-0.1, -0.05) is 135 Å². The molecule has 6 rings (SSSR count). The number of carbonyl (C=O) groups is 2. The highest BCUT2D eigenvalue weighted by Gasteiger charge is 2.42. The molecule has 0 bridgehead atoms. The fourth-order valence-corrected chi connectivity index (χ4v) is 8.59. The normalized spacial score (nSPS) is 15.6. The van der Waals surface area contributed by atoms with Crippen LogP contribution in [-0.2, 0) is 23.2 Å². The van der Waals surface area contributed by atoms with Gasteiger partial charge >= 0.3 is 24.4 Å². The molecule has 62 heavy (non-hydrogen) atoms. The molecule has 12 heteroatoms. The van der Waals surface area contributed by atoms with E-state index in [0.29, 0.717) is 18.7 Å². The van der Waals surface area contributed by atoms with E-state index in [9.17, 15) is 35.9 Å². The highest BCUT2D eigenvalue weighted by molar-refractivity contribution is 5.92. The smallest absolute Gasteiger partial charge is 0.337 e. The van der Waals surface area contributed by atoms with Gasteiger partial charge in [0.25, 0.3) is 0 Å². The Labute approximate surface area is 363 Å². The van der Waals surface area contributed by atoms with Gasteiger partial charge in [-0.25, -0.2) is 9.59 Å². The monoisotopic (exact) mass is 864 g/mol. The molecule has 6 nitrogen and oxygen atoms in total. The number of alkyl halides is 6. The molecule has 4 N–H and O–H groups in total. The lowest BCUT2D eigenvalue weighted by atomic mass is 9.64. The van der Waals surface area contributed by atoms with Crippen LogP contribution >= 0.6 is 0 Å². The van der Waals surface area contributed by atoms with Crippen molar-refractivity contribution in [1.82, 2.24) is 10.6 Å². The van der Waals surface area contributed by atoms with Gasteiger partial charge in [0.15, 0.2) is 0 Å². The molecule has 0 aliphatic heterocycles. The first-order valence-electron chi connectivity index (χ1n) is 21.8. The summed E-state index contributed by atoms with van der Waals surface area (Å²) in [5, 5.41) is 12.0. The topological polar surface area (TPSA) is 82.3 Å². The summed E-state index contributed by atoms with van der Waals surface area (Å²) in [5.74, 6) is 1.02. The van der Waals surface area contributed by atoms with Gasteiger partial charge in [-0.3, -0.25) is 0 Å². The van der Waals surface area contributed by atoms with Crippen molar-refractivity contribution in [3.05, 3.63) is 129 Å². The Balaban J connectivity index is 0.000000234. The van der Waals surface area contributed by atoms with Crippen LogP contribution in [0.3, 0.4) is 0 Å². The van der Waals surface area contributed by atoms with Crippen molar-refractivity contribution < 1.29 is 35.9 Å². The lowest BCUT2D eigenvalue weighted by Crippen LogP contribution is -2.46. The van der Waals surface area contributed by atoms with Crippen LogP contribution in [0.4, 0.5) is 47.3 Å². The third kappa shape index (κ3) is 11.3. The second-order valence-corrected chi connectivity index (χ2v) is 18.3. The first kappa shape index (κ1) is 48.0. The molecular formula is C50H62F6N4O2. The average Bonchev–Trinajstić information content (AvgIpc) is 3.16. The number of hydrogen-bond acceptors (Lipinski definition) is 2. The molecule has 2 aliphatic carbocycles. The number of anilines is 2. The van der Waals surface area contributed by atoms with E-state index in [1.165, 1.54) is 12.1 Å². The summed E-state index contributed by atoms with van der Waals surface area (Å²) in [4.78, 5) is 25.6. The standard InChI is InChI=1S/2C25H31F3N2O/c1-16(2)20-10-6-11-21(17(3)4)22(20)30-23(31)29-15-24(12-7-13-24)18-8-5-9-19(14-18)25(26,27)28;1-16(2)20-7-5-8-21(17(3)4)22(20)30-23(31)29-15-24(13-6-14-24)18-9-11-19(12-10-18)25(26,27)28/h5-6,8-11,14,16-17H,7,12-13,15H2,1-4H3,(H2,29,30,31);5,7-12,16-17H,6,13-15H2,1-4H3,(H2,29,30,31). The van der Waals surface area contributed by atoms with E-state index in [2.05, 4.69) is 76.7 Å². The number of halogens is 6. The minimum atomic E-state index is -4.38. The van der Waals surface area contributed by atoms with Crippen LogP contribution in [0.1, 0.15) is 162 Å². The summed E-state index contributed by atoms with van der Waals surface area (Å²) in [7, 11) is 0. The van der Waals surface area contributed by atoms with Gasteiger partial charge in [-0.2, -0.15) is 26.3 Å². The predicted octanol–water partition coefficient (Wildman–Crippen LogP) is 14.4. The van der Waals surface area contributed by atoms with Crippen molar-refractivity contribution in [3.8, 4) is 0 Å². The number of carbonyl (C=O) groups excluding carboxylic acids is 2. The second-order valence-electron chi connectivity index (χ2n) is 18.3. The van der Waals surface area contributed by atoms with Crippen molar-refractivity contribution in [2.45, 2.75) is 141 Å². The maximum absolute atomic E-state index is 13.2. The van der Waals surface area contributed by atoms with Crippen LogP contribution in [0.15, 0.2) is 84.9 Å². The first-order chi connectivity index (χ1) is 29.1. The largest absolute Gasteiger partial charge is 0.416 e. The van der Waals surface area contributed by atoms with Gasteiger partial charge in [0.05, 0.1) is 11.1 Å². The second kappa shape index (κ2) is 19.6. The predicted molar refractivity (Wildman–Crippen MR) is 237 cm³/mol. The highest BCUT2D eigenvalue weighted by Crippen LogP contribution is 2.46. The van der Waals surface area contributed by atoms with Crippen LogP contribution in [-0.4, -0.2) is 25.2 Å². The molecule has 336 valence electrons. The molecule has 0 spiro atoms. The summed E-state index contributed by atoms with van der Waals surface area (Å²) in [5.41, 5.74) is 5.42. The fourth-order valence-electron chi connectivity index (χ4n) is 8.59. The Morgan fingerprint density at radius 3 is 1.18 bits per heavy atom. The Kier molecular flexibility index (Phi) is 15.2. The van der Waals surface area contributed by atoms with Crippen LogP contribution in [0, 0.1) is 0 Å². The first-order valence-corrected chi connectivity index (χ1v) is 21.8. The van der Waals surface area contributed by atoms with Gasteiger partial charge < -0.3 is 21.3 Å². The van der Waals surface area contributed by atoms with Gasteiger partial charge in [-0.05, 0) is 101 Å². The van der Waals surface area contributed by atoms with E-state index in [1.54, 1.807) is 18.2 Å². The zero-order valence-corrected chi connectivity index (χ0v) is 37.1. The summed E-state index contributed by atoms with van der Waals surface area (Å²) in [6.07, 6.45) is -3.58. The Bertz CT molecular complexity index is 2100. The minimum Gasteiger partial charge on any atom is -0.337 e. The highest BCUT2D eigenvalue weighted by atomic mass is 19.4. The Morgan fingerprint density at radius 1 is 0.500 bits per heavy atom. The maximum Gasteiger partial charge on any atom is 0.416 e. The number of benzene rings is 4. The van der Waals surface area contributed by atoms with E-state index in [-0.39, 0.29) is 41.1 Å². The number of rotatable bonds is 12. The van der Waals surface area contributed by atoms with Gasteiger partial charge in [0.2, 0.25) is 0 Å². The quantitative estimate of drug-likeness (QED) is 0.107. The van der Waals surface area contributed by atoms with Crippen LogP contribution < -0.4 is 21.3 Å². The Morgan fingerprint density at radius 2 is 0.855 bits per heavy atom. The molecule has 2 saturated carbocycles. The maximum atomic E-state index is 13.2. The van der Waals surface area contributed by atoms with E-state index in [1.807, 2.05) is 36.4 Å². The van der Waals surface area contributed by atoms with Crippen molar-refractivity contribution >= 4 is 23.4 Å². The molecule has 0 aromatic heterocycles. The summed E-state index contributed by atoms with van der Waals surface area (Å²) >= 11 is 0. The molecule has 0 atom stereocenters. The van der Waals surface area contributed by atoms with Gasteiger partial charge in [0, 0.05) is 35.3 Å². The van der Waals surface area contributed by atoms with Crippen LogP contribution in [0.25, 0.3) is 0 Å². The third-order valence-electron chi connectivity index (χ3n) is 12.6. The van der Waals surface area contributed by atoms with Crippen molar-refractivity contribution in [2.24, 2.45) is 0 Å². The van der Waals surface area contributed by atoms with E-state index >= 15 is 0 Å². The van der Waals surface area contributed by atoms with E-state index < -0.39 is 28.9 Å². The molecule has 2 fully saturated rings. The van der Waals surface area contributed by atoms with Crippen molar-refractivity contribution in [1.29, 1.82) is 0 Å². The van der Waals surface area contributed by atoms with Crippen LogP contribution in [0.2, 0.25) is 0 Å². The Hall–Kier alpha value is -5.00. The zero-order valence-electron chi connectivity index (χ0n) is 37.1. The van der Waals surface area contributed by atoms with E-state index in [4.69, 9.17) is 0 Å². The van der Waals surface area contributed by atoms with Crippen molar-refractivity contribution in [3.63, 3.8) is 0 Å². The van der Waals surface area contributed by atoms with Crippen LogP contribution in [0.5, 0.6) is 0 Å². The summed E-state index contributed by atoms with van der Waals surface area (Å²) in [6, 6.07) is 22.4. The molecule has 2 aliphatic rings. The molecular weight excluding hydrogens is 803 g/mol. The molecule has 4 amide bonds. The lowest BCUT2D eigenvalue weighted by molar-refractivity contribution is -0.138. The molecule has 0 radical (unpaired) electrons. The minimum absolute atomic E-state index is 0.247. The fraction of sp³-hybridized carbons (Fsp3) is 0.480. The lowest BCUT2D eigenvalue weighted by Gasteiger charge is -2.43. The molecule has 4 aromatic rings. The van der Waals surface area contributed by atoms with Gasteiger partial charge in [0.1, 0.15) is 0 Å². The molecule has 0 heterocycles. The summed E-state index contributed by atoms with van der Waals surface area (Å²) in [6.45, 7) is 17.4. The number of hydrogen-bond donors (Lipinski definition) is 4. The van der Waals surface area contributed by atoms with Gasteiger partial charge in [-0.15, -0.1) is 0 Å². The molecule has 0 unspecified atom stereocenters. The number of urea groups is 2. The number of nitrogens with one attached hydrogen (secondary N) is 4. The SMILES string of the molecule is CC(C)c1cccc(C(C)C)c1NC(=O)NCC1(c2ccc(C(F)(F)F)cc2)CCC1.CC(C)c1cccc(C(C)C)c1NC(=O)NCC1(c2cccc(C(F)(F)F)c2)CCC1. The molecule has 4 aromatic carbocycles. The summed E-state index contributed by atoms with van der Waals surface area (Å²) < 4.78 is 78.1. The van der Waals surface area contributed by atoms with Crippen molar-refractivity contribution in [2.75, 3.05) is 23.7 Å². The zero-order chi connectivity index (χ0) is 45.6. The van der Waals surface area contributed by atoms with E-state index in [0.717, 1.165) is 95.9 Å². The third-order valence-corrected chi connectivity index (χ3v) is 12.6. The number of amides is 4.